The third-order valence-corrected chi connectivity index (χ3v) is 4.15. The van der Waals surface area contributed by atoms with Crippen LogP contribution < -0.4 is 4.74 Å². The second-order valence-corrected chi connectivity index (χ2v) is 6.09. The zero-order valence-corrected chi connectivity index (χ0v) is 14.2. The molecule has 0 radical (unpaired) electrons. The Balaban J connectivity index is 1.64. The van der Waals surface area contributed by atoms with Gasteiger partial charge in [0.15, 0.2) is 0 Å². The molecule has 0 aromatic heterocycles. The minimum atomic E-state index is -1.55. The molecule has 2 aromatic rings. The van der Waals surface area contributed by atoms with Crippen molar-refractivity contribution in [2.75, 3.05) is 6.61 Å². The van der Waals surface area contributed by atoms with Gasteiger partial charge in [0.05, 0.1) is 5.56 Å². The maximum Gasteiger partial charge on any atom is 0.338 e. The molecule has 27 heavy (non-hydrogen) atoms. The molecule has 1 fully saturated rings. The first-order valence-electron chi connectivity index (χ1n) is 8.33. The lowest BCUT2D eigenvalue weighted by atomic mass is 9.99. The van der Waals surface area contributed by atoms with Gasteiger partial charge < -0.3 is 34.6 Å². The van der Waals surface area contributed by atoms with Gasteiger partial charge in [0, 0.05) is 0 Å². The van der Waals surface area contributed by atoms with Crippen LogP contribution in [0.15, 0.2) is 54.6 Å². The van der Waals surface area contributed by atoms with E-state index in [0.717, 1.165) is 0 Å². The summed E-state index contributed by atoms with van der Waals surface area (Å²) in [6.07, 6.45) is -6.94. The minimum Gasteiger partial charge on any atom is -0.508 e. The Bertz CT molecular complexity index is 748. The first-order valence-corrected chi connectivity index (χ1v) is 8.33. The topological polar surface area (TPSA) is 126 Å². The molecule has 2 aromatic carbocycles. The molecule has 0 bridgehead atoms. The van der Waals surface area contributed by atoms with Gasteiger partial charge in [0.25, 0.3) is 0 Å². The molecule has 8 nitrogen and oxygen atoms in total. The van der Waals surface area contributed by atoms with Crippen molar-refractivity contribution in [1.82, 2.24) is 0 Å². The number of phenolic OH excluding ortho intramolecular Hbond substituents is 1. The standard InChI is InChI=1S/C19H20O8/c20-12-6-8-13(9-7-12)26-19-17(23)16(22)15(21)14(27-19)10-25-18(24)11-4-2-1-3-5-11/h1-9,14-17,19-23H,10H2/t14-,15-,16+,17-,19+/m1/s1. The third-order valence-electron chi connectivity index (χ3n) is 4.15. The first-order chi connectivity index (χ1) is 13.0. The second kappa shape index (κ2) is 8.36. The molecular weight excluding hydrogens is 356 g/mol. The fourth-order valence-electron chi connectivity index (χ4n) is 2.63. The third kappa shape index (κ3) is 4.55. The summed E-state index contributed by atoms with van der Waals surface area (Å²) in [4.78, 5) is 12.0. The number of hydrogen-bond donors (Lipinski definition) is 4. The van der Waals surface area contributed by atoms with Crippen LogP contribution >= 0.6 is 0 Å². The predicted octanol–water partition coefficient (Wildman–Crippen LogP) is 0.436. The van der Waals surface area contributed by atoms with E-state index in [1.54, 1.807) is 30.3 Å². The Morgan fingerprint density at radius 3 is 2.26 bits per heavy atom. The van der Waals surface area contributed by atoms with Gasteiger partial charge >= 0.3 is 5.97 Å². The Labute approximate surface area is 155 Å². The van der Waals surface area contributed by atoms with E-state index in [0.29, 0.717) is 5.56 Å². The lowest BCUT2D eigenvalue weighted by molar-refractivity contribution is -0.277. The average molecular weight is 376 g/mol. The summed E-state index contributed by atoms with van der Waals surface area (Å²) < 4.78 is 16.1. The van der Waals surface area contributed by atoms with Gasteiger partial charge in [-0.05, 0) is 36.4 Å². The smallest absolute Gasteiger partial charge is 0.338 e. The zero-order valence-electron chi connectivity index (χ0n) is 14.2. The van der Waals surface area contributed by atoms with Crippen LogP contribution in [0.25, 0.3) is 0 Å². The molecule has 1 aliphatic heterocycles. The molecule has 0 spiro atoms. The highest BCUT2D eigenvalue weighted by atomic mass is 16.7. The Hall–Kier alpha value is -2.65. The molecule has 0 aliphatic carbocycles. The molecular formula is C19H20O8. The number of carbonyl (C=O) groups is 1. The second-order valence-electron chi connectivity index (χ2n) is 6.09. The summed E-state index contributed by atoms with van der Waals surface area (Å²) in [5.41, 5.74) is 0.334. The Morgan fingerprint density at radius 1 is 0.926 bits per heavy atom. The van der Waals surface area contributed by atoms with E-state index in [1.165, 1.54) is 24.3 Å². The van der Waals surface area contributed by atoms with Crippen molar-refractivity contribution in [3.63, 3.8) is 0 Å². The van der Waals surface area contributed by atoms with Gasteiger partial charge in [0.2, 0.25) is 6.29 Å². The summed E-state index contributed by atoms with van der Waals surface area (Å²) in [6.45, 7) is -0.339. The molecule has 0 amide bonds. The highest BCUT2D eigenvalue weighted by Gasteiger charge is 2.45. The molecule has 1 saturated heterocycles. The molecule has 144 valence electrons. The number of carbonyl (C=O) groups excluding carboxylic acids is 1. The maximum atomic E-state index is 12.0. The number of rotatable bonds is 5. The highest BCUT2D eigenvalue weighted by Crippen LogP contribution is 2.25. The molecule has 0 unspecified atom stereocenters. The summed E-state index contributed by atoms with van der Waals surface area (Å²) in [5, 5.41) is 39.5. The van der Waals surface area contributed by atoms with Crippen LogP contribution in [0.2, 0.25) is 0 Å². The number of benzene rings is 2. The van der Waals surface area contributed by atoms with Crippen LogP contribution in [-0.4, -0.2) is 63.7 Å². The summed E-state index contributed by atoms with van der Waals surface area (Å²) in [5.74, 6) is -0.294. The summed E-state index contributed by atoms with van der Waals surface area (Å²) >= 11 is 0. The Kier molecular flexibility index (Phi) is 5.92. The number of aromatic hydroxyl groups is 1. The van der Waals surface area contributed by atoms with Crippen LogP contribution in [0.3, 0.4) is 0 Å². The maximum absolute atomic E-state index is 12.0. The van der Waals surface area contributed by atoms with E-state index in [4.69, 9.17) is 14.2 Å². The van der Waals surface area contributed by atoms with E-state index >= 15 is 0 Å². The molecule has 3 rings (SSSR count). The minimum absolute atomic E-state index is 0.0358. The monoisotopic (exact) mass is 376 g/mol. The molecule has 0 saturated carbocycles. The number of aliphatic hydroxyl groups excluding tert-OH is 3. The molecule has 8 heteroatoms. The highest BCUT2D eigenvalue weighted by molar-refractivity contribution is 5.89. The van der Waals surface area contributed by atoms with Gasteiger partial charge in [-0.15, -0.1) is 0 Å². The molecule has 1 heterocycles. The number of ether oxygens (including phenoxy) is 3. The SMILES string of the molecule is O=C(OC[C@H]1O[C@H](Oc2ccc(O)cc2)[C@H](O)[C@@H](O)[C@@H]1O)c1ccccc1. The summed E-state index contributed by atoms with van der Waals surface area (Å²) in [6, 6.07) is 14.0. The number of phenols is 1. The number of esters is 1. The fourth-order valence-corrected chi connectivity index (χ4v) is 2.63. The van der Waals surface area contributed by atoms with Crippen molar-refractivity contribution in [3.8, 4) is 11.5 Å². The van der Waals surface area contributed by atoms with E-state index < -0.39 is 36.7 Å². The summed E-state index contributed by atoms with van der Waals surface area (Å²) in [7, 11) is 0. The van der Waals surface area contributed by atoms with Crippen molar-refractivity contribution in [2.45, 2.75) is 30.7 Å². The quantitative estimate of drug-likeness (QED) is 0.554. The van der Waals surface area contributed by atoms with E-state index in [9.17, 15) is 25.2 Å². The Morgan fingerprint density at radius 2 is 1.59 bits per heavy atom. The fraction of sp³-hybridized carbons (Fsp3) is 0.316. The van der Waals surface area contributed by atoms with Gasteiger partial charge in [-0.2, -0.15) is 0 Å². The van der Waals surface area contributed by atoms with Gasteiger partial charge in [0.1, 0.15) is 42.5 Å². The van der Waals surface area contributed by atoms with Gasteiger partial charge in [-0.3, -0.25) is 0 Å². The zero-order chi connectivity index (χ0) is 19.4. The van der Waals surface area contributed by atoms with Crippen LogP contribution in [-0.2, 0) is 9.47 Å². The van der Waals surface area contributed by atoms with E-state index in [-0.39, 0.29) is 18.1 Å². The van der Waals surface area contributed by atoms with E-state index in [2.05, 4.69) is 0 Å². The largest absolute Gasteiger partial charge is 0.508 e. The van der Waals surface area contributed by atoms with Gasteiger partial charge in [-0.1, -0.05) is 18.2 Å². The van der Waals surface area contributed by atoms with Crippen LogP contribution in [0, 0.1) is 0 Å². The van der Waals surface area contributed by atoms with Crippen molar-refractivity contribution < 1.29 is 39.4 Å². The van der Waals surface area contributed by atoms with Gasteiger partial charge in [-0.25, -0.2) is 4.79 Å². The van der Waals surface area contributed by atoms with Crippen molar-refractivity contribution in [1.29, 1.82) is 0 Å². The van der Waals surface area contributed by atoms with E-state index in [1.807, 2.05) is 0 Å². The normalized spacial score (nSPS) is 27.7. The lowest BCUT2D eigenvalue weighted by Gasteiger charge is -2.39. The lowest BCUT2D eigenvalue weighted by Crippen LogP contribution is -2.60. The number of aliphatic hydroxyl groups is 3. The molecule has 5 atom stereocenters. The van der Waals surface area contributed by atoms with Crippen LogP contribution in [0.5, 0.6) is 11.5 Å². The molecule has 4 N–H and O–H groups in total. The molecule has 1 aliphatic rings. The van der Waals surface area contributed by atoms with Crippen molar-refractivity contribution in [2.24, 2.45) is 0 Å². The predicted molar refractivity (Wildman–Crippen MR) is 92.1 cm³/mol. The van der Waals surface area contributed by atoms with Crippen molar-refractivity contribution >= 4 is 5.97 Å². The number of hydrogen-bond acceptors (Lipinski definition) is 8. The van der Waals surface area contributed by atoms with Crippen molar-refractivity contribution in [3.05, 3.63) is 60.2 Å². The van der Waals surface area contributed by atoms with Crippen LogP contribution in [0.4, 0.5) is 0 Å². The average Bonchev–Trinajstić information content (AvgIpc) is 2.69. The first kappa shape index (κ1) is 19.1. The van der Waals surface area contributed by atoms with Crippen LogP contribution in [0.1, 0.15) is 10.4 Å².